The Kier molecular flexibility index (Phi) is 3.67. The van der Waals surface area contributed by atoms with Crippen LogP contribution in [-0.2, 0) is 0 Å². The zero-order valence-corrected chi connectivity index (χ0v) is 11.7. The van der Waals surface area contributed by atoms with Crippen LogP contribution in [-0.4, -0.2) is 20.7 Å². The average Bonchev–Trinajstić information content (AvgIpc) is 2.75. The van der Waals surface area contributed by atoms with Crippen molar-refractivity contribution in [3.8, 4) is 6.07 Å². The van der Waals surface area contributed by atoms with E-state index >= 15 is 0 Å². The first-order chi connectivity index (χ1) is 9.01. The normalized spacial score (nSPS) is 11.9. The molecule has 2 rings (SSSR count). The van der Waals surface area contributed by atoms with E-state index in [0.29, 0.717) is 4.88 Å². The number of thiazole rings is 1. The summed E-state index contributed by atoms with van der Waals surface area (Å²) in [6, 6.07) is 3.79. The van der Waals surface area contributed by atoms with Crippen molar-refractivity contribution in [1.82, 2.24) is 15.0 Å². The lowest BCUT2D eigenvalue weighted by Gasteiger charge is -2.07. The SMILES string of the molecule is Cc1cc(C)nc([C@@H](C#N)C(=O)c2cnc(C)s2)n1. The maximum Gasteiger partial charge on any atom is 0.199 e. The van der Waals surface area contributed by atoms with Crippen molar-refractivity contribution < 1.29 is 4.79 Å². The van der Waals surface area contributed by atoms with E-state index in [4.69, 9.17) is 0 Å². The van der Waals surface area contributed by atoms with Crippen LogP contribution in [0.4, 0.5) is 0 Å². The van der Waals surface area contributed by atoms with Crippen molar-refractivity contribution in [2.45, 2.75) is 26.7 Å². The summed E-state index contributed by atoms with van der Waals surface area (Å²) in [5.41, 5.74) is 1.49. The number of rotatable bonds is 3. The molecule has 2 aromatic rings. The fourth-order valence-electron chi connectivity index (χ4n) is 1.73. The molecule has 6 heteroatoms. The van der Waals surface area contributed by atoms with Gasteiger partial charge in [-0.15, -0.1) is 11.3 Å². The molecular formula is C13H12N4OS. The number of Topliss-reactive ketones (excluding diaryl/α,β-unsaturated/α-hetero) is 1. The molecule has 0 aliphatic heterocycles. The van der Waals surface area contributed by atoms with Crippen LogP contribution in [0.15, 0.2) is 12.3 Å². The third kappa shape index (κ3) is 2.83. The van der Waals surface area contributed by atoms with Gasteiger partial charge < -0.3 is 0 Å². The molecule has 0 amide bonds. The Bertz CT molecular complexity index is 651. The summed E-state index contributed by atoms with van der Waals surface area (Å²) in [7, 11) is 0. The van der Waals surface area contributed by atoms with Gasteiger partial charge in [-0.2, -0.15) is 5.26 Å². The summed E-state index contributed by atoms with van der Waals surface area (Å²) in [6.07, 6.45) is 1.50. The molecule has 2 aromatic heterocycles. The smallest absolute Gasteiger partial charge is 0.199 e. The van der Waals surface area contributed by atoms with Gasteiger partial charge in [-0.05, 0) is 26.8 Å². The third-order valence-electron chi connectivity index (χ3n) is 2.51. The molecule has 0 radical (unpaired) electrons. The predicted octanol–water partition coefficient (Wildman–Crippen LogP) is 2.35. The molecule has 0 unspecified atom stereocenters. The molecule has 0 saturated heterocycles. The van der Waals surface area contributed by atoms with E-state index in [1.165, 1.54) is 17.5 Å². The number of aromatic nitrogens is 3. The van der Waals surface area contributed by atoms with E-state index in [9.17, 15) is 10.1 Å². The summed E-state index contributed by atoms with van der Waals surface area (Å²) in [4.78, 5) is 25.2. The van der Waals surface area contributed by atoms with Crippen molar-refractivity contribution in [3.05, 3.63) is 39.4 Å². The fourth-order valence-corrected chi connectivity index (χ4v) is 2.48. The molecular weight excluding hydrogens is 260 g/mol. The maximum absolute atomic E-state index is 12.3. The summed E-state index contributed by atoms with van der Waals surface area (Å²) in [5, 5.41) is 10.0. The van der Waals surface area contributed by atoms with Crippen LogP contribution in [0.2, 0.25) is 0 Å². The second-order valence-electron chi connectivity index (χ2n) is 4.18. The molecule has 0 aliphatic carbocycles. The Balaban J connectivity index is 2.40. The number of nitrogens with zero attached hydrogens (tertiary/aromatic N) is 4. The largest absolute Gasteiger partial charge is 0.291 e. The van der Waals surface area contributed by atoms with Crippen LogP contribution < -0.4 is 0 Å². The molecule has 0 aliphatic rings. The van der Waals surface area contributed by atoms with Gasteiger partial charge in [0.15, 0.2) is 17.5 Å². The van der Waals surface area contributed by atoms with Gasteiger partial charge in [0.2, 0.25) is 0 Å². The Morgan fingerprint density at radius 2 is 1.95 bits per heavy atom. The topological polar surface area (TPSA) is 79.5 Å². The van der Waals surface area contributed by atoms with E-state index in [2.05, 4.69) is 15.0 Å². The Morgan fingerprint density at radius 3 is 2.42 bits per heavy atom. The second kappa shape index (κ2) is 5.24. The molecule has 0 aromatic carbocycles. The van der Waals surface area contributed by atoms with Gasteiger partial charge in [-0.3, -0.25) is 4.79 Å². The van der Waals surface area contributed by atoms with Crippen molar-refractivity contribution >= 4 is 17.1 Å². The minimum atomic E-state index is -0.974. The summed E-state index contributed by atoms with van der Waals surface area (Å²) in [6.45, 7) is 5.44. The molecule has 1 atom stereocenters. The molecule has 0 N–H and O–H groups in total. The highest BCUT2D eigenvalue weighted by Crippen LogP contribution is 2.22. The number of carbonyl (C=O) groups excluding carboxylic acids is 1. The van der Waals surface area contributed by atoms with Crippen LogP contribution in [0, 0.1) is 32.1 Å². The molecule has 96 valence electrons. The Labute approximate surface area is 115 Å². The molecule has 0 saturated carbocycles. The maximum atomic E-state index is 12.3. The molecule has 2 heterocycles. The van der Waals surface area contributed by atoms with Gasteiger partial charge in [-0.1, -0.05) is 0 Å². The van der Waals surface area contributed by atoms with Gasteiger partial charge in [0.25, 0.3) is 0 Å². The quantitative estimate of drug-likeness (QED) is 0.801. The minimum absolute atomic E-state index is 0.260. The number of ketones is 1. The van der Waals surface area contributed by atoms with Gasteiger partial charge in [0, 0.05) is 17.6 Å². The monoisotopic (exact) mass is 272 g/mol. The van der Waals surface area contributed by atoms with Gasteiger partial charge in [-0.25, -0.2) is 15.0 Å². The number of aryl methyl sites for hydroxylation is 3. The number of nitriles is 1. The van der Waals surface area contributed by atoms with Crippen LogP contribution in [0.5, 0.6) is 0 Å². The van der Waals surface area contributed by atoms with Gasteiger partial charge in [0.1, 0.15) is 0 Å². The highest BCUT2D eigenvalue weighted by Gasteiger charge is 2.26. The minimum Gasteiger partial charge on any atom is -0.291 e. The van der Waals surface area contributed by atoms with E-state index in [0.717, 1.165) is 16.4 Å². The number of carbonyl (C=O) groups is 1. The highest BCUT2D eigenvalue weighted by atomic mass is 32.1. The van der Waals surface area contributed by atoms with Crippen LogP contribution in [0.1, 0.15) is 37.8 Å². The Morgan fingerprint density at radius 1 is 1.32 bits per heavy atom. The second-order valence-corrected chi connectivity index (χ2v) is 5.41. The first-order valence-corrected chi connectivity index (χ1v) is 6.51. The van der Waals surface area contributed by atoms with Crippen LogP contribution >= 0.6 is 11.3 Å². The van der Waals surface area contributed by atoms with Crippen molar-refractivity contribution in [2.24, 2.45) is 0 Å². The summed E-state index contributed by atoms with van der Waals surface area (Å²) in [5.74, 6) is -1.01. The first-order valence-electron chi connectivity index (χ1n) is 5.69. The summed E-state index contributed by atoms with van der Waals surface area (Å²) < 4.78 is 0. The molecule has 0 fully saturated rings. The first kappa shape index (κ1) is 13.3. The Hall–Kier alpha value is -2.13. The zero-order valence-electron chi connectivity index (χ0n) is 10.8. The van der Waals surface area contributed by atoms with Crippen molar-refractivity contribution in [2.75, 3.05) is 0 Å². The lowest BCUT2D eigenvalue weighted by atomic mass is 10.0. The predicted molar refractivity (Wildman–Crippen MR) is 71.0 cm³/mol. The van der Waals surface area contributed by atoms with Crippen molar-refractivity contribution in [3.63, 3.8) is 0 Å². The third-order valence-corrected chi connectivity index (χ3v) is 3.44. The van der Waals surface area contributed by atoms with Crippen LogP contribution in [0.25, 0.3) is 0 Å². The van der Waals surface area contributed by atoms with E-state index in [-0.39, 0.29) is 11.6 Å². The lowest BCUT2D eigenvalue weighted by molar-refractivity contribution is 0.0980. The fraction of sp³-hybridized carbons (Fsp3) is 0.308. The standard InChI is InChI=1S/C13H12N4OS/c1-7-4-8(2)17-13(16-7)10(5-14)12(18)11-6-15-9(3)19-11/h4,6,10H,1-3H3/t10-/m0/s1. The average molecular weight is 272 g/mol. The molecule has 19 heavy (non-hydrogen) atoms. The molecule has 0 spiro atoms. The highest BCUT2D eigenvalue weighted by molar-refractivity contribution is 7.13. The van der Waals surface area contributed by atoms with Gasteiger partial charge in [0.05, 0.1) is 16.0 Å². The van der Waals surface area contributed by atoms with E-state index in [1.54, 1.807) is 6.07 Å². The zero-order chi connectivity index (χ0) is 14.0. The number of hydrogen-bond donors (Lipinski definition) is 0. The number of hydrogen-bond acceptors (Lipinski definition) is 6. The van der Waals surface area contributed by atoms with Crippen LogP contribution in [0.3, 0.4) is 0 Å². The van der Waals surface area contributed by atoms with Gasteiger partial charge >= 0.3 is 0 Å². The van der Waals surface area contributed by atoms with E-state index in [1.807, 2.05) is 26.8 Å². The summed E-state index contributed by atoms with van der Waals surface area (Å²) >= 11 is 1.28. The molecule has 0 bridgehead atoms. The van der Waals surface area contributed by atoms with E-state index < -0.39 is 5.92 Å². The lowest BCUT2D eigenvalue weighted by Crippen LogP contribution is -2.14. The van der Waals surface area contributed by atoms with Crippen molar-refractivity contribution in [1.29, 1.82) is 5.26 Å². The molecule has 5 nitrogen and oxygen atoms in total.